The van der Waals surface area contributed by atoms with Gasteiger partial charge in [0.15, 0.2) is 0 Å². The van der Waals surface area contributed by atoms with Gasteiger partial charge in [-0.25, -0.2) is 0 Å². The molecule has 1 nitrogen and oxygen atoms in total. The smallest absolute Gasteiger partial charge is 0.0513 e. The molecule has 0 amide bonds. The molecule has 1 aliphatic rings. The van der Waals surface area contributed by atoms with E-state index in [-0.39, 0.29) is 0 Å². The monoisotopic (exact) mass is 357 g/mol. The topological polar surface area (TPSA) is 3.24 Å². The van der Waals surface area contributed by atoms with Crippen molar-refractivity contribution < 1.29 is 0 Å². The lowest BCUT2D eigenvalue weighted by Gasteiger charge is -2.33. The van der Waals surface area contributed by atoms with E-state index in [0.29, 0.717) is 11.9 Å². The maximum absolute atomic E-state index is 5.93. The first-order valence-corrected chi connectivity index (χ1v) is 9.05. The fourth-order valence-electron chi connectivity index (χ4n) is 2.98. The van der Waals surface area contributed by atoms with Crippen LogP contribution >= 0.6 is 27.5 Å². The first-order valence-electron chi connectivity index (χ1n) is 7.73. The Morgan fingerprint density at radius 2 is 2.00 bits per heavy atom. The Morgan fingerprint density at radius 1 is 1.30 bits per heavy atom. The molecule has 1 fully saturated rings. The van der Waals surface area contributed by atoms with E-state index >= 15 is 0 Å². The van der Waals surface area contributed by atoms with E-state index in [1.54, 1.807) is 0 Å². The third-order valence-electron chi connectivity index (χ3n) is 4.19. The molecule has 1 aromatic carbocycles. The largest absolute Gasteiger partial charge is 0.368 e. The van der Waals surface area contributed by atoms with Crippen molar-refractivity contribution in [2.45, 2.75) is 57.9 Å². The number of hydrogen-bond acceptors (Lipinski definition) is 1. The molecule has 0 atom stereocenters. The molecule has 0 unspecified atom stereocenters. The summed E-state index contributed by atoms with van der Waals surface area (Å²) in [5, 5.41) is 0. The average molecular weight is 359 g/mol. The lowest BCUT2D eigenvalue weighted by atomic mass is 10.1. The predicted octanol–water partition coefficient (Wildman–Crippen LogP) is 5.98. The van der Waals surface area contributed by atoms with E-state index in [0.717, 1.165) is 12.5 Å². The third kappa shape index (κ3) is 4.14. The zero-order chi connectivity index (χ0) is 14.5. The Balaban J connectivity index is 2.20. The lowest BCUT2D eigenvalue weighted by Crippen LogP contribution is -2.35. The molecule has 0 heterocycles. The van der Waals surface area contributed by atoms with Crippen molar-refractivity contribution in [2.75, 3.05) is 11.4 Å². The summed E-state index contributed by atoms with van der Waals surface area (Å²) in [6.07, 6.45) is 6.67. The second kappa shape index (κ2) is 7.70. The van der Waals surface area contributed by atoms with Crippen molar-refractivity contribution in [3.8, 4) is 0 Å². The van der Waals surface area contributed by atoms with Crippen LogP contribution in [0.3, 0.4) is 0 Å². The molecule has 0 saturated heterocycles. The predicted molar refractivity (Wildman–Crippen MR) is 92.8 cm³/mol. The molecule has 0 aromatic heterocycles. The van der Waals surface area contributed by atoms with Gasteiger partial charge in [-0.1, -0.05) is 32.8 Å². The number of hydrogen-bond donors (Lipinski definition) is 0. The molecular formula is C17H25BrClN. The highest BCUT2D eigenvalue weighted by Gasteiger charge is 2.24. The molecule has 0 radical (unpaired) electrons. The summed E-state index contributed by atoms with van der Waals surface area (Å²) in [6, 6.07) is 7.27. The summed E-state index contributed by atoms with van der Waals surface area (Å²) < 4.78 is 1.19. The molecule has 0 bridgehead atoms. The van der Waals surface area contributed by atoms with Gasteiger partial charge in [0.25, 0.3) is 0 Å². The van der Waals surface area contributed by atoms with Crippen molar-refractivity contribution in [3.63, 3.8) is 0 Å². The molecule has 20 heavy (non-hydrogen) atoms. The average Bonchev–Trinajstić information content (AvgIpc) is 2.94. The Morgan fingerprint density at radius 3 is 2.55 bits per heavy atom. The van der Waals surface area contributed by atoms with Gasteiger partial charge in [-0.15, -0.1) is 11.6 Å². The van der Waals surface area contributed by atoms with Gasteiger partial charge in [0.05, 0.1) is 5.69 Å². The number of nitrogens with zero attached hydrogens (tertiary/aromatic N) is 1. The van der Waals surface area contributed by atoms with Gasteiger partial charge in [-0.05, 0) is 58.8 Å². The molecule has 1 aliphatic carbocycles. The zero-order valence-corrected chi connectivity index (χ0v) is 14.9. The van der Waals surface area contributed by atoms with Gasteiger partial charge >= 0.3 is 0 Å². The first-order chi connectivity index (χ1) is 9.61. The summed E-state index contributed by atoms with van der Waals surface area (Å²) in [5.41, 5.74) is 2.52. The zero-order valence-electron chi connectivity index (χ0n) is 12.5. The minimum Gasteiger partial charge on any atom is -0.368 e. The fraction of sp³-hybridized carbons (Fsp3) is 0.647. The van der Waals surface area contributed by atoms with E-state index in [2.05, 4.69) is 52.9 Å². The van der Waals surface area contributed by atoms with Crippen LogP contribution in [0.2, 0.25) is 0 Å². The summed E-state index contributed by atoms with van der Waals surface area (Å²) in [6.45, 7) is 5.76. The maximum Gasteiger partial charge on any atom is 0.0513 e. The maximum atomic E-state index is 5.93. The highest BCUT2D eigenvalue weighted by molar-refractivity contribution is 9.10. The van der Waals surface area contributed by atoms with Crippen LogP contribution in [0.1, 0.15) is 51.5 Å². The fourth-order valence-corrected chi connectivity index (χ4v) is 3.80. The summed E-state index contributed by atoms with van der Waals surface area (Å²) >= 11 is 9.67. The van der Waals surface area contributed by atoms with Gasteiger partial charge < -0.3 is 4.90 Å². The third-order valence-corrected chi connectivity index (χ3v) is 5.13. The molecule has 1 saturated carbocycles. The van der Waals surface area contributed by atoms with Crippen LogP contribution in [0.25, 0.3) is 0 Å². The second-order valence-corrected chi connectivity index (χ2v) is 7.36. The van der Waals surface area contributed by atoms with Gasteiger partial charge in [0.2, 0.25) is 0 Å². The van der Waals surface area contributed by atoms with E-state index in [1.165, 1.54) is 47.8 Å². The Hall–Kier alpha value is -0.210. The van der Waals surface area contributed by atoms with E-state index in [1.807, 2.05) is 0 Å². The standard InChI is InChI=1S/C17H25BrClN/c1-13(2)9-10-20(15-5-3-4-6-15)17-8-7-14(12-19)11-16(17)18/h7-8,11,13,15H,3-6,9-10,12H2,1-2H3. The molecule has 3 heteroatoms. The molecule has 1 aromatic rings. The second-order valence-electron chi connectivity index (χ2n) is 6.23. The van der Waals surface area contributed by atoms with Crippen molar-refractivity contribution in [2.24, 2.45) is 5.92 Å². The van der Waals surface area contributed by atoms with Crippen molar-refractivity contribution >= 4 is 33.2 Å². The van der Waals surface area contributed by atoms with Crippen molar-refractivity contribution in [1.29, 1.82) is 0 Å². The number of halogens is 2. The Labute approximate surface area is 136 Å². The number of anilines is 1. The van der Waals surface area contributed by atoms with Gasteiger partial charge in [0.1, 0.15) is 0 Å². The number of alkyl halides is 1. The van der Waals surface area contributed by atoms with Crippen molar-refractivity contribution in [1.82, 2.24) is 0 Å². The molecular weight excluding hydrogens is 334 g/mol. The summed E-state index contributed by atoms with van der Waals surface area (Å²) in [4.78, 5) is 2.62. The summed E-state index contributed by atoms with van der Waals surface area (Å²) in [5.74, 6) is 1.33. The molecule has 0 spiro atoms. The van der Waals surface area contributed by atoms with E-state index < -0.39 is 0 Å². The number of rotatable bonds is 6. The normalized spacial score (nSPS) is 16.1. The first kappa shape index (κ1) is 16.2. The van der Waals surface area contributed by atoms with Gasteiger partial charge in [0, 0.05) is 22.9 Å². The Kier molecular flexibility index (Phi) is 6.22. The van der Waals surface area contributed by atoms with Crippen LogP contribution in [-0.4, -0.2) is 12.6 Å². The minimum absolute atomic E-state index is 0.578. The van der Waals surface area contributed by atoms with Crippen molar-refractivity contribution in [3.05, 3.63) is 28.2 Å². The van der Waals surface area contributed by atoms with E-state index in [9.17, 15) is 0 Å². The molecule has 0 aliphatic heterocycles. The lowest BCUT2D eigenvalue weighted by molar-refractivity contribution is 0.528. The number of benzene rings is 1. The van der Waals surface area contributed by atoms with Crippen LogP contribution in [-0.2, 0) is 5.88 Å². The van der Waals surface area contributed by atoms with Crippen LogP contribution in [0.4, 0.5) is 5.69 Å². The van der Waals surface area contributed by atoms with Gasteiger partial charge in [-0.3, -0.25) is 0 Å². The van der Waals surface area contributed by atoms with Gasteiger partial charge in [-0.2, -0.15) is 0 Å². The SMILES string of the molecule is CC(C)CCN(c1ccc(CCl)cc1Br)C1CCCC1. The quantitative estimate of drug-likeness (QED) is 0.565. The molecule has 2 rings (SSSR count). The van der Waals surface area contributed by atoms with E-state index in [4.69, 9.17) is 11.6 Å². The highest BCUT2D eigenvalue weighted by Crippen LogP contribution is 2.34. The van der Waals surface area contributed by atoms with Crippen LogP contribution in [0.15, 0.2) is 22.7 Å². The Bertz CT molecular complexity index is 427. The summed E-state index contributed by atoms with van der Waals surface area (Å²) in [7, 11) is 0. The molecule has 0 N–H and O–H groups in total. The highest BCUT2D eigenvalue weighted by atomic mass is 79.9. The molecule has 112 valence electrons. The minimum atomic E-state index is 0.578. The van der Waals surface area contributed by atoms with Crippen LogP contribution in [0, 0.1) is 5.92 Å². The van der Waals surface area contributed by atoms with Crippen LogP contribution in [0.5, 0.6) is 0 Å². The van der Waals surface area contributed by atoms with Crippen LogP contribution < -0.4 is 4.90 Å².